The van der Waals surface area contributed by atoms with Crippen LogP contribution in [0.4, 0.5) is 0 Å². The summed E-state index contributed by atoms with van der Waals surface area (Å²) >= 11 is 0. The number of carbonyl (C=O) groups excluding carboxylic acids is 1. The Morgan fingerprint density at radius 3 is 2.79 bits per heavy atom. The van der Waals surface area contributed by atoms with Gasteiger partial charge in [-0.15, -0.1) is 0 Å². The number of nitrogens with one attached hydrogen (secondary N) is 1. The molecule has 3 rings (SSSR count). The molecule has 6 nitrogen and oxygen atoms in total. The molecule has 0 spiro atoms. The summed E-state index contributed by atoms with van der Waals surface area (Å²) in [6, 6.07) is 9.36. The molecule has 0 bridgehead atoms. The van der Waals surface area contributed by atoms with Gasteiger partial charge in [0, 0.05) is 24.5 Å². The van der Waals surface area contributed by atoms with Gasteiger partial charge in [-0.3, -0.25) is 4.79 Å². The Hall–Kier alpha value is -3.02. The maximum atomic E-state index is 12.4. The van der Waals surface area contributed by atoms with Crippen LogP contribution in [0, 0.1) is 6.92 Å². The quantitative estimate of drug-likeness (QED) is 0.783. The second-order valence-electron chi connectivity index (χ2n) is 5.41. The number of ether oxygens (including phenoxy) is 2. The number of pyridine rings is 1. The van der Waals surface area contributed by atoms with E-state index in [9.17, 15) is 4.79 Å². The molecule has 0 saturated heterocycles. The highest BCUT2D eigenvalue weighted by molar-refractivity contribution is 5.93. The molecule has 6 heteroatoms. The Balaban J connectivity index is 1.78. The summed E-state index contributed by atoms with van der Waals surface area (Å²) in [5.41, 5.74) is 3.02. The van der Waals surface area contributed by atoms with Crippen LogP contribution in [-0.4, -0.2) is 29.5 Å². The third kappa shape index (κ3) is 3.03. The molecule has 1 amide bonds. The fraction of sp³-hybridized carbons (Fsp3) is 0.222. The largest absolute Gasteiger partial charge is 0.497 e. The first kappa shape index (κ1) is 15.9. The number of benzene rings is 1. The van der Waals surface area contributed by atoms with Crippen molar-refractivity contribution >= 4 is 11.6 Å². The predicted molar refractivity (Wildman–Crippen MR) is 90.6 cm³/mol. The molecule has 0 unspecified atom stereocenters. The molecule has 2 heterocycles. The highest BCUT2D eigenvalue weighted by atomic mass is 16.5. The van der Waals surface area contributed by atoms with Gasteiger partial charge in [0.2, 0.25) is 0 Å². The number of fused-ring (bicyclic) bond motifs is 1. The molecule has 0 aliphatic carbocycles. The first-order valence-corrected chi connectivity index (χ1v) is 7.56. The number of rotatable bonds is 5. The Morgan fingerprint density at radius 1 is 1.25 bits per heavy atom. The van der Waals surface area contributed by atoms with Crippen molar-refractivity contribution in [3.05, 3.63) is 59.5 Å². The minimum atomic E-state index is -0.233. The lowest BCUT2D eigenvalue weighted by molar-refractivity contribution is 0.0946. The van der Waals surface area contributed by atoms with Crippen LogP contribution < -0.4 is 14.8 Å². The molecule has 24 heavy (non-hydrogen) atoms. The van der Waals surface area contributed by atoms with Gasteiger partial charge >= 0.3 is 0 Å². The first-order chi connectivity index (χ1) is 11.6. The minimum Gasteiger partial charge on any atom is -0.497 e. The zero-order valence-corrected chi connectivity index (χ0v) is 13.9. The molecule has 0 aliphatic heterocycles. The van der Waals surface area contributed by atoms with Crippen LogP contribution in [-0.2, 0) is 6.54 Å². The van der Waals surface area contributed by atoms with E-state index in [0.29, 0.717) is 23.7 Å². The van der Waals surface area contributed by atoms with E-state index in [2.05, 4.69) is 10.3 Å². The van der Waals surface area contributed by atoms with Crippen molar-refractivity contribution in [3.8, 4) is 11.5 Å². The maximum absolute atomic E-state index is 12.4. The van der Waals surface area contributed by atoms with E-state index >= 15 is 0 Å². The zero-order valence-electron chi connectivity index (χ0n) is 13.9. The van der Waals surface area contributed by atoms with Gasteiger partial charge in [0.1, 0.15) is 22.8 Å². The van der Waals surface area contributed by atoms with Gasteiger partial charge in [-0.05, 0) is 36.8 Å². The Morgan fingerprint density at radius 2 is 2.08 bits per heavy atom. The highest BCUT2D eigenvalue weighted by Gasteiger charge is 2.13. The number of aryl methyl sites for hydroxylation is 1. The van der Waals surface area contributed by atoms with Crippen LogP contribution in [0.2, 0.25) is 0 Å². The third-order valence-electron chi connectivity index (χ3n) is 3.84. The van der Waals surface area contributed by atoms with E-state index in [1.807, 2.05) is 47.9 Å². The lowest BCUT2D eigenvalue weighted by atomic mass is 10.2. The lowest BCUT2D eigenvalue weighted by Gasteiger charge is -2.11. The summed E-state index contributed by atoms with van der Waals surface area (Å²) < 4.78 is 12.4. The van der Waals surface area contributed by atoms with Crippen LogP contribution in [0.5, 0.6) is 11.5 Å². The molecular formula is C18H19N3O3. The van der Waals surface area contributed by atoms with Gasteiger partial charge in [0.25, 0.3) is 5.91 Å². The first-order valence-electron chi connectivity index (χ1n) is 7.56. The normalized spacial score (nSPS) is 10.6. The van der Waals surface area contributed by atoms with Crippen molar-refractivity contribution in [2.24, 2.45) is 0 Å². The highest BCUT2D eigenvalue weighted by Crippen LogP contribution is 2.23. The fourth-order valence-electron chi connectivity index (χ4n) is 2.55. The van der Waals surface area contributed by atoms with Crippen molar-refractivity contribution in [2.45, 2.75) is 13.5 Å². The molecule has 1 aromatic carbocycles. The molecule has 0 atom stereocenters. The van der Waals surface area contributed by atoms with Crippen LogP contribution in [0.1, 0.15) is 21.6 Å². The van der Waals surface area contributed by atoms with Crippen LogP contribution in [0.25, 0.3) is 5.65 Å². The second-order valence-corrected chi connectivity index (χ2v) is 5.41. The number of hydrogen-bond acceptors (Lipinski definition) is 4. The Labute approximate surface area is 140 Å². The van der Waals surface area contributed by atoms with E-state index < -0.39 is 0 Å². The monoisotopic (exact) mass is 325 g/mol. The van der Waals surface area contributed by atoms with Crippen molar-refractivity contribution in [1.82, 2.24) is 14.7 Å². The molecular weight excluding hydrogens is 306 g/mol. The molecule has 0 fully saturated rings. The molecule has 0 saturated carbocycles. The van der Waals surface area contributed by atoms with Crippen molar-refractivity contribution in [1.29, 1.82) is 0 Å². The summed E-state index contributed by atoms with van der Waals surface area (Å²) in [6.07, 6.45) is 3.59. The summed E-state index contributed by atoms with van der Waals surface area (Å²) in [5.74, 6) is 1.17. The number of hydrogen-bond donors (Lipinski definition) is 1. The van der Waals surface area contributed by atoms with E-state index in [1.165, 1.54) is 0 Å². The van der Waals surface area contributed by atoms with Gasteiger partial charge in [0.15, 0.2) is 0 Å². The van der Waals surface area contributed by atoms with Crippen molar-refractivity contribution in [2.75, 3.05) is 14.2 Å². The van der Waals surface area contributed by atoms with E-state index in [0.717, 1.165) is 16.8 Å². The zero-order chi connectivity index (χ0) is 17.1. The minimum absolute atomic E-state index is 0.233. The average Bonchev–Trinajstić information content (AvgIpc) is 3.05. The summed E-state index contributed by atoms with van der Waals surface area (Å²) in [5, 5.41) is 2.87. The Bertz CT molecular complexity index is 886. The summed E-state index contributed by atoms with van der Waals surface area (Å²) in [4.78, 5) is 16.8. The predicted octanol–water partition coefficient (Wildman–Crippen LogP) is 2.59. The third-order valence-corrected chi connectivity index (χ3v) is 3.84. The Kier molecular flexibility index (Phi) is 4.37. The van der Waals surface area contributed by atoms with Crippen molar-refractivity contribution < 1.29 is 14.3 Å². The average molecular weight is 325 g/mol. The number of aromatic nitrogens is 2. The molecule has 3 aromatic rings. The number of nitrogens with zero attached hydrogens (tertiary/aromatic N) is 2. The van der Waals surface area contributed by atoms with Crippen LogP contribution in [0.3, 0.4) is 0 Å². The summed E-state index contributed by atoms with van der Waals surface area (Å²) in [7, 11) is 3.20. The molecule has 0 aliphatic rings. The number of carbonyl (C=O) groups is 1. The van der Waals surface area contributed by atoms with Crippen LogP contribution >= 0.6 is 0 Å². The van der Waals surface area contributed by atoms with Gasteiger partial charge in [-0.25, -0.2) is 4.98 Å². The topological polar surface area (TPSA) is 64.9 Å². The second kappa shape index (κ2) is 6.62. The van der Waals surface area contributed by atoms with E-state index in [1.54, 1.807) is 20.4 Å². The van der Waals surface area contributed by atoms with Gasteiger partial charge in [0.05, 0.1) is 14.2 Å². The molecule has 1 N–H and O–H groups in total. The van der Waals surface area contributed by atoms with E-state index in [4.69, 9.17) is 9.47 Å². The van der Waals surface area contributed by atoms with Gasteiger partial charge in [-0.2, -0.15) is 0 Å². The smallest absolute Gasteiger partial charge is 0.271 e. The summed E-state index contributed by atoms with van der Waals surface area (Å²) in [6.45, 7) is 2.29. The van der Waals surface area contributed by atoms with E-state index in [-0.39, 0.29) is 5.91 Å². The fourth-order valence-corrected chi connectivity index (χ4v) is 2.55. The lowest BCUT2D eigenvalue weighted by Crippen LogP contribution is -2.23. The maximum Gasteiger partial charge on any atom is 0.271 e. The number of imidazole rings is 1. The number of amides is 1. The molecule has 124 valence electrons. The molecule has 0 radical (unpaired) electrons. The molecule has 2 aromatic heterocycles. The van der Waals surface area contributed by atoms with Crippen molar-refractivity contribution in [3.63, 3.8) is 0 Å². The standard InChI is InChI=1S/C18H19N3O3/c1-12-5-4-8-21-11-15(20-17(12)21)18(22)19-10-13-9-14(23-2)6-7-16(13)24-3/h4-9,11H,10H2,1-3H3,(H,19,22). The number of methoxy groups -OCH3 is 2. The van der Waals surface area contributed by atoms with Gasteiger partial charge < -0.3 is 19.2 Å². The SMILES string of the molecule is COc1ccc(OC)c(CNC(=O)c2cn3cccc(C)c3n2)c1. The van der Waals surface area contributed by atoms with Gasteiger partial charge in [-0.1, -0.05) is 6.07 Å². The van der Waals surface area contributed by atoms with Crippen LogP contribution in [0.15, 0.2) is 42.7 Å².